The van der Waals surface area contributed by atoms with E-state index in [0.29, 0.717) is 18.0 Å². The lowest BCUT2D eigenvalue weighted by Gasteiger charge is -2.35. The van der Waals surface area contributed by atoms with Gasteiger partial charge in [0.1, 0.15) is 18.3 Å². The van der Waals surface area contributed by atoms with Gasteiger partial charge in [-0.3, -0.25) is 13.9 Å². The molecule has 1 aliphatic carbocycles. The molecule has 0 bridgehead atoms. The van der Waals surface area contributed by atoms with Crippen molar-refractivity contribution in [1.82, 2.24) is 10.2 Å². The Labute approximate surface area is 292 Å². The summed E-state index contributed by atoms with van der Waals surface area (Å²) in [6.07, 6.45) is 5.31. The summed E-state index contributed by atoms with van der Waals surface area (Å²) in [5, 5.41) is 3.24. The molecule has 0 aromatic heterocycles. The number of carbonyl (C=O) groups excluding carboxylic acids is 2. The average Bonchev–Trinajstić information content (AvgIpc) is 3.10. The number of nitrogens with one attached hydrogen (secondary N) is 1. The van der Waals surface area contributed by atoms with Crippen LogP contribution in [0.15, 0.2) is 119 Å². The molecule has 8 nitrogen and oxygen atoms in total. The molecule has 1 aliphatic rings. The van der Waals surface area contributed by atoms with Crippen LogP contribution in [0.2, 0.25) is 0 Å². The molecular formula is C38H42BrN3O5S. The van der Waals surface area contributed by atoms with Gasteiger partial charge in [0, 0.05) is 23.5 Å². The molecule has 0 radical (unpaired) electrons. The highest BCUT2D eigenvalue weighted by Gasteiger charge is 2.35. The van der Waals surface area contributed by atoms with Gasteiger partial charge >= 0.3 is 0 Å². The maximum absolute atomic E-state index is 14.7. The Balaban J connectivity index is 1.55. The van der Waals surface area contributed by atoms with Crippen LogP contribution in [0, 0.1) is 0 Å². The van der Waals surface area contributed by atoms with Gasteiger partial charge in [0.05, 0.1) is 17.2 Å². The minimum atomic E-state index is -4.20. The van der Waals surface area contributed by atoms with E-state index in [1.165, 1.54) is 12.1 Å². The number of nitrogens with zero attached hydrogens (tertiary/aromatic N) is 2. The van der Waals surface area contributed by atoms with Gasteiger partial charge in [-0.2, -0.15) is 0 Å². The number of rotatable bonds is 14. The predicted molar refractivity (Wildman–Crippen MR) is 192 cm³/mol. The number of halogens is 1. The van der Waals surface area contributed by atoms with Crippen LogP contribution in [0.25, 0.3) is 0 Å². The fourth-order valence-corrected chi connectivity index (χ4v) is 7.69. The van der Waals surface area contributed by atoms with E-state index in [2.05, 4.69) is 21.2 Å². The van der Waals surface area contributed by atoms with Gasteiger partial charge in [0.2, 0.25) is 11.8 Å². The first kappa shape index (κ1) is 35.2. The minimum absolute atomic E-state index is 0.0383. The molecule has 4 aromatic rings. The van der Waals surface area contributed by atoms with Gasteiger partial charge in [-0.25, -0.2) is 8.42 Å². The van der Waals surface area contributed by atoms with Crippen LogP contribution < -0.4 is 14.4 Å². The molecule has 2 amide bonds. The van der Waals surface area contributed by atoms with Crippen molar-refractivity contribution in [2.45, 2.75) is 69.0 Å². The normalized spacial score (nSPS) is 14.1. The van der Waals surface area contributed by atoms with Gasteiger partial charge < -0.3 is 15.0 Å². The quantitative estimate of drug-likeness (QED) is 0.149. The van der Waals surface area contributed by atoms with Gasteiger partial charge in [0.15, 0.2) is 0 Å². The maximum Gasteiger partial charge on any atom is 0.264 e. The van der Waals surface area contributed by atoms with Crippen molar-refractivity contribution in [1.29, 1.82) is 0 Å². The summed E-state index contributed by atoms with van der Waals surface area (Å²) in [6, 6.07) is 31.2. The van der Waals surface area contributed by atoms with Gasteiger partial charge in [-0.15, -0.1) is 0 Å². The summed E-state index contributed by atoms with van der Waals surface area (Å²) in [5.41, 5.74) is 2.04. The molecule has 4 aromatic carbocycles. The Morgan fingerprint density at radius 3 is 2.04 bits per heavy atom. The molecule has 1 N–H and O–H groups in total. The van der Waals surface area contributed by atoms with Crippen molar-refractivity contribution >= 4 is 43.5 Å². The summed E-state index contributed by atoms with van der Waals surface area (Å²) in [4.78, 5) is 30.5. The lowest BCUT2D eigenvalue weighted by Crippen LogP contribution is -2.55. The third-order valence-corrected chi connectivity index (χ3v) is 10.9. The third kappa shape index (κ3) is 9.26. The molecule has 1 atom stereocenters. The number of carbonyl (C=O) groups is 2. The largest absolute Gasteiger partial charge is 0.494 e. The standard InChI is InChI=1S/C38H42BrN3O5S/c1-2-47-34-22-20-33(21-23-34)42(48(45,46)35-24-18-31(39)19-25-35)28-37(43)41(27-30-14-8-4-9-15-30)36(26-29-12-6-3-7-13-29)38(44)40-32-16-10-5-11-17-32/h3-4,6-9,12-15,18-25,32,36H,2,5,10-11,16-17,26-28H2,1H3,(H,40,44)/t36-/m0/s1. The molecule has 0 saturated heterocycles. The van der Waals surface area contributed by atoms with Crippen LogP contribution in [0.4, 0.5) is 5.69 Å². The number of anilines is 1. The molecule has 1 fully saturated rings. The molecule has 252 valence electrons. The zero-order valence-corrected chi connectivity index (χ0v) is 29.5. The van der Waals surface area contributed by atoms with Gasteiger partial charge in [0.25, 0.3) is 10.0 Å². The predicted octanol–water partition coefficient (Wildman–Crippen LogP) is 7.13. The Morgan fingerprint density at radius 2 is 1.44 bits per heavy atom. The lowest BCUT2D eigenvalue weighted by atomic mass is 9.94. The van der Waals surface area contributed by atoms with Gasteiger partial charge in [-0.05, 0) is 79.4 Å². The van der Waals surface area contributed by atoms with Crippen molar-refractivity contribution in [2.75, 3.05) is 17.5 Å². The highest BCUT2D eigenvalue weighted by molar-refractivity contribution is 9.10. The number of ether oxygens (including phenoxy) is 1. The van der Waals surface area contributed by atoms with Crippen molar-refractivity contribution in [3.8, 4) is 5.75 Å². The second-order valence-corrected chi connectivity index (χ2v) is 14.7. The first-order valence-electron chi connectivity index (χ1n) is 16.4. The summed E-state index contributed by atoms with van der Waals surface area (Å²) in [5.74, 6) is -0.145. The van der Waals surface area contributed by atoms with E-state index in [9.17, 15) is 18.0 Å². The number of amides is 2. The third-order valence-electron chi connectivity index (χ3n) is 8.53. The summed E-state index contributed by atoms with van der Waals surface area (Å²) in [6.45, 7) is 1.94. The average molecular weight is 733 g/mol. The lowest BCUT2D eigenvalue weighted by molar-refractivity contribution is -0.140. The second-order valence-electron chi connectivity index (χ2n) is 11.9. The van der Waals surface area contributed by atoms with E-state index >= 15 is 0 Å². The smallest absolute Gasteiger partial charge is 0.264 e. The van der Waals surface area contributed by atoms with E-state index in [-0.39, 0.29) is 29.8 Å². The second kappa shape index (κ2) is 16.8. The monoisotopic (exact) mass is 731 g/mol. The Morgan fingerprint density at radius 1 is 0.833 bits per heavy atom. The summed E-state index contributed by atoms with van der Waals surface area (Å²) in [7, 11) is -4.20. The van der Waals surface area contributed by atoms with Crippen LogP contribution in [-0.2, 0) is 32.6 Å². The zero-order chi connectivity index (χ0) is 33.9. The maximum atomic E-state index is 14.7. The molecule has 48 heavy (non-hydrogen) atoms. The highest BCUT2D eigenvalue weighted by Crippen LogP contribution is 2.28. The fraction of sp³-hybridized carbons (Fsp3) is 0.316. The van der Waals surface area contributed by atoms with Crippen molar-refractivity contribution in [2.24, 2.45) is 0 Å². The summed E-state index contributed by atoms with van der Waals surface area (Å²) >= 11 is 3.38. The van der Waals surface area contributed by atoms with E-state index in [1.54, 1.807) is 41.3 Å². The molecule has 10 heteroatoms. The molecule has 0 spiro atoms. The van der Waals surface area contributed by atoms with Crippen LogP contribution >= 0.6 is 15.9 Å². The topological polar surface area (TPSA) is 96.0 Å². The van der Waals surface area contributed by atoms with E-state index < -0.39 is 28.5 Å². The van der Waals surface area contributed by atoms with E-state index in [1.807, 2.05) is 67.6 Å². The Bertz CT molecular complexity index is 1730. The number of hydrogen-bond acceptors (Lipinski definition) is 5. The van der Waals surface area contributed by atoms with E-state index in [0.717, 1.165) is 52.0 Å². The van der Waals surface area contributed by atoms with Crippen molar-refractivity contribution < 1.29 is 22.7 Å². The fourth-order valence-electron chi connectivity index (χ4n) is 6.02. The number of sulfonamides is 1. The highest BCUT2D eigenvalue weighted by atomic mass is 79.9. The number of hydrogen-bond donors (Lipinski definition) is 1. The van der Waals surface area contributed by atoms with Crippen LogP contribution in [0.3, 0.4) is 0 Å². The van der Waals surface area contributed by atoms with Crippen LogP contribution in [0.1, 0.15) is 50.2 Å². The molecule has 0 aliphatic heterocycles. The number of benzene rings is 4. The van der Waals surface area contributed by atoms with Crippen LogP contribution in [0.5, 0.6) is 5.75 Å². The molecule has 5 rings (SSSR count). The molecule has 0 heterocycles. The van der Waals surface area contributed by atoms with Crippen molar-refractivity contribution in [3.05, 3.63) is 125 Å². The first-order chi connectivity index (χ1) is 23.2. The van der Waals surface area contributed by atoms with Crippen molar-refractivity contribution in [3.63, 3.8) is 0 Å². The summed E-state index contributed by atoms with van der Waals surface area (Å²) < 4.78 is 36.0. The Hall–Kier alpha value is -4.15. The SMILES string of the molecule is CCOc1ccc(N(CC(=O)N(Cc2ccccc2)[C@@H](Cc2ccccc2)C(=O)NC2CCCCC2)S(=O)(=O)c2ccc(Br)cc2)cc1. The van der Waals surface area contributed by atoms with E-state index in [4.69, 9.17) is 4.74 Å². The molecule has 0 unspecified atom stereocenters. The Kier molecular flexibility index (Phi) is 12.3. The van der Waals surface area contributed by atoms with Gasteiger partial charge in [-0.1, -0.05) is 95.9 Å². The van der Waals surface area contributed by atoms with Crippen LogP contribution in [-0.4, -0.2) is 50.4 Å². The first-order valence-corrected chi connectivity index (χ1v) is 18.7. The molecule has 1 saturated carbocycles. The molecular weight excluding hydrogens is 690 g/mol. The zero-order valence-electron chi connectivity index (χ0n) is 27.1. The minimum Gasteiger partial charge on any atom is -0.494 e.